The Morgan fingerprint density at radius 3 is 2.69 bits per heavy atom. The minimum atomic E-state index is 0.0700. The van der Waals surface area contributed by atoms with Gasteiger partial charge in [0.1, 0.15) is 6.10 Å². The van der Waals surface area contributed by atoms with E-state index in [1.165, 1.54) is 72.8 Å². The zero-order chi connectivity index (χ0) is 21.7. The first-order chi connectivity index (χ1) is 15.7. The zero-order valence-electron chi connectivity index (χ0n) is 19.5. The lowest BCUT2D eigenvalue weighted by Crippen LogP contribution is -2.32. The van der Waals surface area contributed by atoms with Crippen LogP contribution in [0.1, 0.15) is 72.2 Å². The van der Waals surface area contributed by atoms with Crippen LogP contribution < -0.4 is 0 Å². The lowest BCUT2D eigenvalue weighted by Gasteiger charge is -2.32. The van der Waals surface area contributed by atoms with E-state index in [9.17, 15) is 0 Å². The van der Waals surface area contributed by atoms with Gasteiger partial charge in [0.15, 0.2) is 0 Å². The number of pyridine rings is 1. The van der Waals surface area contributed by atoms with Gasteiger partial charge in [0, 0.05) is 42.5 Å². The molecule has 0 radical (unpaired) electrons. The molecular formula is C28H35N3O. The topological polar surface area (TPSA) is 30.3 Å². The monoisotopic (exact) mass is 429 g/mol. The molecule has 1 saturated heterocycles. The summed E-state index contributed by atoms with van der Waals surface area (Å²) >= 11 is 0. The quantitative estimate of drug-likeness (QED) is 0.488. The molecule has 3 aliphatic rings. The first-order valence-electron chi connectivity index (χ1n) is 12.6. The predicted molar refractivity (Wildman–Crippen MR) is 129 cm³/mol. The van der Waals surface area contributed by atoms with E-state index >= 15 is 0 Å². The molecule has 0 bridgehead atoms. The molecule has 2 atom stereocenters. The minimum Gasteiger partial charge on any atom is -0.371 e. The summed E-state index contributed by atoms with van der Waals surface area (Å²) in [6, 6.07) is 9.67. The molecule has 4 nitrogen and oxygen atoms in total. The third kappa shape index (κ3) is 3.48. The molecule has 168 valence electrons. The van der Waals surface area contributed by atoms with E-state index in [1.54, 1.807) is 11.3 Å². The van der Waals surface area contributed by atoms with Crippen LogP contribution in [0.5, 0.6) is 0 Å². The van der Waals surface area contributed by atoms with Crippen LogP contribution in [0.2, 0.25) is 0 Å². The largest absolute Gasteiger partial charge is 0.371 e. The van der Waals surface area contributed by atoms with Gasteiger partial charge in [0.25, 0.3) is 0 Å². The second-order valence-electron chi connectivity index (χ2n) is 10.3. The van der Waals surface area contributed by atoms with Crippen molar-refractivity contribution in [3.8, 4) is 0 Å². The molecular weight excluding hydrogens is 394 g/mol. The van der Waals surface area contributed by atoms with E-state index in [4.69, 9.17) is 4.74 Å². The normalized spacial score (nSPS) is 22.0. The molecule has 6 rings (SSSR count). The maximum atomic E-state index is 6.64. The SMILES string of the molecule is Cc1cc(C)c2c(c1)c1c(n2CC(OCC2CCC2)c2ccncc2)CCN2CCCC12. The third-order valence-corrected chi connectivity index (χ3v) is 8.16. The van der Waals surface area contributed by atoms with Crippen LogP contribution in [-0.2, 0) is 17.7 Å². The Balaban J connectivity index is 1.44. The average molecular weight is 430 g/mol. The van der Waals surface area contributed by atoms with Gasteiger partial charge in [0.05, 0.1) is 18.7 Å². The van der Waals surface area contributed by atoms with Crippen LogP contribution in [0.15, 0.2) is 36.7 Å². The second-order valence-corrected chi connectivity index (χ2v) is 10.3. The smallest absolute Gasteiger partial charge is 0.100 e. The molecule has 2 aromatic heterocycles. The number of aromatic nitrogens is 2. The van der Waals surface area contributed by atoms with Crippen molar-refractivity contribution in [2.75, 3.05) is 19.7 Å². The Morgan fingerprint density at radius 2 is 1.91 bits per heavy atom. The lowest BCUT2D eigenvalue weighted by molar-refractivity contribution is 0.000632. The molecule has 2 aliphatic heterocycles. The highest BCUT2D eigenvalue weighted by Crippen LogP contribution is 2.44. The summed E-state index contributed by atoms with van der Waals surface area (Å²) in [6.45, 7) is 8.75. The fourth-order valence-corrected chi connectivity index (χ4v) is 6.38. The summed E-state index contributed by atoms with van der Waals surface area (Å²) in [5.41, 5.74) is 8.62. The number of rotatable bonds is 6. The maximum absolute atomic E-state index is 6.64. The van der Waals surface area contributed by atoms with Gasteiger partial charge in [-0.3, -0.25) is 9.88 Å². The van der Waals surface area contributed by atoms with E-state index in [2.05, 4.69) is 52.6 Å². The number of ether oxygens (including phenoxy) is 1. The first-order valence-corrected chi connectivity index (χ1v) is 12.6. The lowest BCUT2D eigenvalue weighted by atomic mass is 9.86. The molecule has 4 heteroatoms. The van der Waals surface area contributed by atoms with Crippen molar-refractivity contribution >= 4 is 10.9 Å². The molecule has 1 aliphatic carbocycles. The van der Waals surface area contributed by atoms with Gasteiger partial charge < -0.3 is 9.30 Å². The highest BCUT2D eigenvalue weighted by Gasteiger charge is 2.36. The van der Waals surface area contributed by atoms with Crippen molar-refractivity contribution in [3.05, 3.63) is 64.6 Å². The van der Waals surface area contributed by atoms with Crippen molar-refractivity contribution in [2.45, 2.75) is 71.1 Å². The van der Waals surface area contributed by atoms with Gasteiger partial charge in [-0.2, -0.15) is 0 Å². The van der Waals surface area contributed by atoms with E-state index in [1.807, 2.05) is 12.4 Å². The fraction of sp³-hybridized carbons (Fsp3) is 0.536. The zero-order valence-corrected chi connectivity index (χ0v) is 19.5. The number of hydrogen-bond donors (Lipinski definition) is 0. The number of nitrogens with zero attached hydrogens (tertiary/aromatic N) is 3. The summed E-state index contributed by atoms with van der Waals surface area (Å²) in [6.07, 6.45) is 11.6. The van der Waals surface area contributed by atoms with Gasteiger partial charge >= 0.3 is 0 Å². The van der Waals surface area contributed by atoms with Gasteiger partial charge in [0.2, 0.25) is 0 Å². The standard InChI is InChI=1S/C28H35N3O/c1-19-15-20(2)28-23(16-19)27-24-7-4-13-30(24)14-10-25(27)31(28)17-26(22-8-11-29-12-9-22)32-18-21-5-3-6-21/h8-9,11-12,15-16,21,24,26H,3-7,10,13-14,17-18H2,1-2H3. The predicted octanol–water partition coefficient (Wildman–Crippen LogP) is 5.90. The van der Waals surface area contributed by atoms with Crippen molar-refractivity contribution < 1.29 is 4.74 Å². The molecule has 32 heavy (non-hydrogen) atoms. The van der Waals surface area contributed by atoms with Crippen molar-refractivity contribution in [1.82, 2.24) is 14.5 Å². The van der Waals surface area contributed by atoms with Crippen molar-refractivity contribution in [2.24, 2.45) is 5.92 Å². The Hall–Kier alpha value is -2.17. The van der Waals surface area contributed by atoms with Gasteiger partial charge in [-0.15, -0.1) is 0 Å². The van der Waals surface area contributed by atoms with E-state index in [-0.39, 0.29) is 6.10 Å². The van der Waals surface area contributed by atoms with Crippen LogP contribution in [0.3, 0.4) is 0 Å². The average Bonchev–Trinajstić information content (AvgIpc) is 3.35. The molecule has 3 aromatic rings. The number of hydrogen-bond acceptors (Lipinski definition) is 3. The minimum absolute atomic E-state index is 0.0700. The number of fused-ring (bicyclic) bond motifs is 5. The molecule has 1 saturated carbocycles. The van der Waals surface area contributed by atoms with Crippen LogP contribution in [-0.4, -0.2) is 34.1 Å². The Morgan fingerprint density at radius 1 is 1.06 bits per heavy atom. The van der Waals surface area contributed by atoms with Crippen LogP contribution >= 0.6 is 0 Å². The van der Waals surface area contributed by atoms with Crippen LogP contribution in [0, 0.1) is 19.8 Å². The van der Waals surface area contributed by atoms with E-state index in [0.29, 0.717) is 6.04 Å². The van der Waals surface area contributed by atoms with Crippen LogP contribution in [0.4, 0.5) is 0 Å². The Labute approximate surface area is 191 Å². The number of benzene rings is 1. The molecule has 0 N–H and O–H groups in total. The summed E-state index contributed by atoms with van der Waals surface area (Å²) in [4.78, 5) is 6.98. The molecule has 2 fully saturated rings. The van der Waals surface area contributed by atoms with E-state index < -0.39 is 0 Å². The van der Waals surface area contributed by atoms with Crippen molar-refractivity contribution in [3.63, 3.8) is 0 Å². The molecule has 1 aromatic carbocycles. The summed E-state index contributed by atoms with van der Waals surface area (Å²) in [7, 11) is 0. The molecule has 4 heterocycles. The van der Waals surface area contributed by atoms with Gasteiger partial charge in [-0.05, 0) is 86.9 Å². The van der Waals surface area contributed by atoms with E-state index in [0.717, 1.165) is 25.5 Å². The Bertz CT molecular complexity index is 1110. The van der Waals surface area contributed by atoms with Crippen molar-refractivity contribution in [1.29, 1.82) is 0 Å². The van der Waals surface area contributed by atoms with Crippen LogP contribution in [0.25, 0.3) is 10.9 Å². The van der Waals surface area contributed by atoms with Gasteiger partial charge in [-0.1, -0.05) is 18.1 Å². The first kappa shape index (κ1) is 20.4. The molecule has 2 unspecified atom stereocenters. The summed E-state index contributed by atoms with van der Waals surface area (Å²) < 4.78 is 9.28. The Kier molecular flexibility index (Phi) is 5.31. The fourth-order valence-electron chi connectivity index (χ4n) is 6.38. The maximum Gasteiger partial charge on any atom is 0.100 e. The summed E-state index contributed by atoms with van der Waals surface area (Å²) in [5, 5.41) is 1.49. The highest BCUT2D eigenvalue weighted by atomic mass is 16.5. The third-order valence-electron chi connectivity index (χ3n) is 8.16. The summed E-state index contributed by atoms with van der Waals surface area (Å²) in [5.74, 6) is 0.742. The van der Waals surface area contributed by atoms with Gasteiger partial charge in [-0.25, -0.2) is 0 Å². The molecule has 0 amide bonds. The number of aryl methyl sites for hydroxylation is 2. The highest BCUT2D eigenvalue weighted by molar-refractivity contribution is 5.89. The second kappa shape index (κ2) is 8.31. The molecule has 0 spiro atoms.